The summed E-state index contributed by atoms with van der Waals surface area (Å²) in [6.07, 6.45) is 9.69. The van der Waals surface area contributed by atoms with E-state index in [-0.39, 0.29) is 71.1 Å². The fourth-order valence-electron chi connectivity index (χ4n) is 9.67. The maximum atomic E-state index is 12.3. The summed E-state index contributed by atoms with van der Waals surface area (Å²) in [5, 5.41) is 33.3. The molecule has 0 amide bonds. The Morgan fingerprint density at radius 1 is 0.747 bits per heavy atom. The van der Waals surface area contributed by atoms with Gasteiger partial charge in [-0.1, -0.05) is 59.6 Å². The number of aromatic nitrogens is 4. The van der Waals surface area contributed by atoms with Gasteiger partial charge in [-0.2, -0.15) is 9.97 Å². The first-order chi connectivity index (χ1) is 35.8. The third kappa shape index (κ3) is 12.3. The number of halogens is 2. The number of aliphatic carboxylic acids is 1. The number of nitrogens with one attached hydrogen (secondary N) is 1. The first kappa shape index (κ1) is 53.8. The van der Waals surface area contributed by atoms with Crippen LogP contribution in [0.1, 0.15) is 89.3 Å². The zero-order chi connectivity index (χ0) is 53.2. The van der Waals surface area contributed by atoms with E-state index in [0.29, 0.717) is 79.0 Å². The van der Waals surface area contributed by atoms with Gasteiger partial charge in [-0.05, 0) is 103 Å². The molecule has 396 valence electrons. The fourth-order valence-corrected chi connectivity index (χ4v) is 11.3. The average Bonchev–Trinajstić information content (AvgIpc) is 4.11. The van der Waals surface area contributed by atoms with E-state index in [4.69, 9.17) is 52.1 Å². The summed E-state index contributed by atoms with van der Waals surface area (Å²) < 4.78 is 74.8. The van der Waals surface area contributed by atoms with Crippen molar-refractivity contribution in [2.45, 2.75) is 105 Å². The first-order valence-corrected chi connectivity index (χ1v) is 28.8. The third-order valence-corrected chi connectivity index (χ3v) is 16.4. The Labute approximate surface area is 444 Å². The standard InChI is InChI=1S/C53H56Cl2N6O12S2/c1-53(15-17-62,52(64)65)58-24-33-20-44(54)50(59-48(33)70-29-31-18-36(25-56-22-31)74(2,66)67)72-46-12-10-40-38(6-4-8-42(40)46)39-7-5-9-43-41(39)11-13-47(43)73-51-45(55)21-34(27-61-16-14-35(63)28-61)49(60-51)71-30-32-19-37(26-57-23-32)75(3,68)69/h4-9,18-23,25-26,35,46-47,58,62-63H,10-17,24,27-30H2,1-3H3,(H,64,65)/t35-,46+,47+,53+/m1/s1. The number of sulfone groups is 2. The third-order valence-electron chi connectivity index (χ3n) is 13.7. The molecule has 6 aromatic rings. The molecule has 3 aliphatic rings. The van der Waals surface area contributed by atoms with E-state index in [1.807, 2.05) is 24.3 Å². The molecule has 0 unspecified atom stereocenters. The number of hydrogen-bond donors (Lipinski definition) is 4. The molecule has 0 radical (unpaired) electrons. The van der Waals surface area contributed by atoms with Gasteiger partial charge in [0.1, 0.15) is 41.0 Å². The predicted octanol–water partition coefficient (Wildman–Crippen LogP) is 7.22. The monoisotopic (exact) mass is 1100 g/mol. The Morgan fingerprint density at radius 3 is 1.72 bits per heavy atom. The van der Waals surface area contributed by atoms with E-state index in [9.17, 15) is 36.9 Å². The van der Waals surface area contributed by atoms with Crippen molar-refractivity contribution in [3.63, 3.8) is 0 Å². The number of nitrogens with zero attached hydrogens (tertiary/aromatic N) is 5. The van der Waals surface area contributed by atoms with Crippen molar-refractivity contribution in [1.29, 1.82) is 0 Å². The molecule has 0 spiro atoms. The SMILES string of the molecule is C[C@@](CCO)(NCc1cc(Cl)c(O[C@H]2CCc3c(-c4cccc5c4CC[C@@H]5Oc4nc(OCc5cncc(S(C)(=O)=O)c5)c(CN5CC[C@@H](O)C5)cc4Cl)cccc32)nc1OCc1cncc(S(C)(=O)=O)c1)C(=O)O. The Balaban J connectivity index is 0.961. The number of carbonyl (C=O) groups is 1. The van der Waals surface area contributed by atoms with E-state index in [0.717, 1.165) is 45.9 Å². The van der Waals surface area contributed by atoms with Crippen molar-refractivity contribution < 1.29 is 55.9 Å². The average molecular weight is 1100 g/mol. The fraction of sp³-hybridized carbons (Fsp3) is 0.377. The smallest absolute Gasteiger partial charge is 0.323 e. The molecule has 1 fully saturated rings. The van der Waals surface area contributed by atoms with Crippen molar-refractivity contribution in [3.8, 4) is 34.6 Å². The van der Waals surface area contributed by atoms with Crippen molar-refractivity contribution >= 4 is 48.8 Å². The molecular weight excluding hydrogens is 1050 g/mol. The highest BCUT2D eigenvalue weighted by atomic mass is 35.5. The van der Waals surface area contributed by atoms with Crippen LogP contribution in [0.3, 0.4) is 0 Å². The lowest BCUT2D eigenvalue weighted by Crippen LogP contribution is -2.49. The second kappa shape index (κ2) is 22.3. The number of carboxylic acids is 1. The van der Waals surface area contributed by atoms with Gasteiger partial charge in [0.15, 0.2) is 19.7 Å². The van der Waals surface area contributed by atoms with E-state index in [2.05, 4.69) is 32.3 Å². The summed E-state index contributed by atoms with van der Waals surface area (Å²) in [6.45, 7) is 2.47. The molecule has 5 heterocycles. The van der Waals surface area contributed by atoms with Crippen LogP contribution >= 0.6 is 23.2 Å². The first-order valence-electron chi connectivity index (χ1n) is 24.3. The van der Waals surface area contributed by atoms with Gasteiger partial charge in [0, 0.05) is 92.3 Å². The van der Waals surface area contributed by atoms with Gasteiger partial charge in [0.25, 0.3) is 0 Å². The summed E-state index contributed by atoms with van der Waals surface area (Å²) in [7, 11) is -7.06. The van der Waals surface area contributed by atoms with Gasteiger partial charge >= 0.3 is 5.97 Å². The van der Waals surface area contributed by atoms with Gasteiger partial charge in [0.2, 0.25) is 23.5 Å². The van der Waals surface area contributed by atoms with Crippen LogP contribution in [-0.4, -0.2) is 107 Å². The Bertz CT molecular complexity index is 3370. The van der Waals surface area contributed by atoms with Crippen LogP contribution in [0.15, 0.2) is 95.2 Å². The molecule has 0 saturated carbocycles. The van der Waals surface area contributed by atoms with Gasteiger partial charge in [-0.3, -0.25) is 25.0 Å². The number of pyridine rings is 4. The van der Waals surface area contributed by atoms with E-state index in [1.54, 1.807) is 12.1 Å². The summed E-state index contributed by atoms with van der Waals surface area (Å²) in [5.41, 5.74) is 6.87. The number of benzene rings is 2. The Hall–Kier alpha value is -5.97. The van der Waals surface area contributed by atoms with Crippen molar-refractivity contribution in [2.24, 2.45) is 0 Å². The van der Waals surface area contributed by atoms with Crippen LogP contribution < -0.4 is 24.3 Å². The molecule has 2 aliphatic carbocycles. The molecule has 2 aromatic carbocycles. The minimum absolute atomic E-state index is 0.0155. The highest BCUT2D eigenvalue weighted by molar-refractivity contribution is 7.91. The molecule has 4 N–H and O–H groups in total. The minimum Gasteiger partial charge on any atom is -0.480 e. The molecule has 1 aliphatic heterocycles. The lowest BCUT2D eigenvalue weighted by molar-refractivity contribution is -0.145. The second-order valence-electron chi connectivity index (χ2n) is 19.3. The number of rotatable bonds is 21. The number of fused-ring (bicyclic) bond motifs is 2. The Morgan fingerprint density at radius 2 is 1.25 bits per heavy atom. The van der Waals surface area contributed by atoms with Crippen molar-refractivity contribution in [3.05, 3.63) is 140 Å². The summed E-state index contributed by atoms with van der Waals surface area (Å²) in [6, 6.07) is 18.6. The maximum Gasteiger partial charge on any atom is 0.323 e. The summed E-state index contributed by atoms with van der Waals surface area (Å²) in [4.78, 5) is 32.1. The normalized spacial score (nSPS) is 18.3. The molecule has 22 heteroatoms. The number of β-amino-alcohol motifs (C(OH)–C–C–N with tert-alkyl or cyclic N) is 1. The predicted molar refractivity (Wildman–Crippen MR) is 278 cm³/mol. The van der Waals surface area contributed by atoms with Gasteiger partial charge in [-0.25, -0.2) is 16.8 Å². The summed E-state index contributed by atoms with van der Waals surface area (Å²) in [5.74, 6) is -0.554. The van der Waals surface area contributed by atoms with E-state index in [1.165, 1.54) is 43.8 Å². The van der Waals surface area contributed by atoms with E-state index >= 15 is 0 Å². The number of ether oxygens (including phenoxy) is 4. The lowest BCUT2D eigenvalue weighted by atomic mass is 9.91. The highest BCUT2D eigenvalue weighted by Crippen LogP contribution is 2.46. The number of likely N-dealkylation sites (tertiary alicyclic amines) is 1. The molecule has 4 aromatic heterocycles. The lowest BCUT2D eigenvalue weighted by Gasteiger charge is -2.26. The van der Waals surface area contributed by atoms with Gasteiger partial charge in [-0.15, -0.1) is 0 Å². The van der Waals surface area contributed by atoms with Crippen LogP contribution in [0.25, 0.3) is 11.1 Å². The number of aliphatic hydroxyl groups is 2. The zero-order valence-corrected chi connectivity index (χ0v) is 44.5. The molecule has 9 rings (SSSR count). The topological polar surface area (TPSA) is 250 Å². The largest absolute Gasteiger partial charge is 0.480 e. The molecule has 75 heavy (non-hydrogen) atoms. The molecule has 1 saturated heterocycles. The van der Waals surface area contributed by atoms with Crippen LogP contribution in [0.4, 0.5) is 0 Å². The quantitative estimate of drug-likeness (QED) is 0.0555. The van der Waals surface area contributed by atoms with Gasteiger partial charge < -0.3 is 34.3 Å². The minimum atomic E-state index is -3.56. The molecule has 18 nitrogen and oxygen atoms in total. The number of carboxylic acid groups (broad SMARTS) is 1. The molecular formula is C53H56Cl2N6O12S2. The van der Waals surface area contributed by atoms with Crippen LogP contribution in [-0.2, 0) is 63.6 Å². The zero-order valence-electron chi connectivity index (χ0n) is 41.3. The van der Waals surface area contributed by atoms with Gasteiger partial charge in [0.05, 0.1) is 15.9 Å². The van der Waals surface area contributed by atoms with Crippen LogP contribution in [0, 0.1) is 0 Å². The van der Waals surface area contributed by atoms with Crippen LogP contribution in [0.2, 0.25) is 10.0 Å². The number of aliphatic hydroxyl groups excluding tert-OH is 2. The highest BCUT2D eigenvalue weighted by Gasteiger charge is 2.35. The molecule has 4 atom stereocenters. The second-order valence-corrected chi connectivity index (χ2v) is 24.2. The number of hydrogen-bond acceptors (Lipinski definition) is 17. The summed E-state index contributed by atoms with van der Waals surface area (Å²) >= 11 is 13.8. The van der Waals surface area contributed by atoms with E-state index < -0.39 is 49.5 Å². The van der Waals surface area contributed by atoms with Crippen molar-refractivity contribution in [1.82, 2.24) is 30.2 Å². The van der Waals surface area contributed by atoms with Crippen LogP contribution in [0.5, 0.6) is 23.5 Å². The maximum absolute atomic E-state index is 12.3. The van der Waals surface area contributed by atoms with Crippen molar-refractivity contribution in [2.75, 3.05) is 32.2 Å². The molecule has 0 bridgehead atoms. The Kier molecular flexibility index (Phi) is 16.0.